The molecule has 2 heterocycles. The first-order valence-corrected chi connectivity index (χ1v) is 15.5. The van der Waals surface area contributed by atoms with Crippen LogP contribution in [0.1, 0.15) is 44.6 Å². The molecule has 1 fully saturated rings. The fraction of sp³-hybridized carbons (Fsp3) is 0.122. The van der Waals surface area contributed by atoms with Gasteiger partial charge in [-0.15, -0.1) is 0 Å². The minimum Gasteiger partial charge on any atom is -0.306 e. The SMILES string of the molecule is O=C(c1ccccc1)[C@@H]1[C@H](c2ccc3ccccc3c2)N[C@@]2(C(=O)N(Cc3ccccc3)c3ccccc32)[C@H]1c1ccccc1. The molecule has 4 nitrogen and oxygen atoms in total. The molecule has 4 atom stereocenters. The monoisotopic (exact) mass is 584 g/mol. The van der Waals surface area contributed by atoms with Gasteiger partial charge in [0.1, 0.15) is 5.54 Å². The smallest absolute Gasteiger partial charge is 0.252 e. The van der Waals surface area contributed by atoms with E-state index in [2.05, 4.69) is 66.0 Å². The van der Waals surface area contributed by atoms with Gasteiger partial charge in [-0.2, -0.15) is 0 Å². The molecule has 1 spiro atoms. The first-order chi connectivity index (χ1) is 22.1. The number of nitrogens with zero attached hydrogens (tertiary/aromatic N) is 1. The highest BCUT2D eigenvalue weighted by molar-refractivity contribution is 6.10. The molecule has 0 bridgehead atoms. The van der Waals surface area contributed by atoms with Crippen LogP contribution in [0.2, 0.25) is 0 Å². The summed E-state index contributed by atoms with van der Waals surface area (Å²) in [4.78, 5) is 32.0. The predicted molar refractivity (Wildman–Crippen MR) is 179 cm³/mol. The molecule has 0 unspecified atom stereocenters. The number of ketones is 1. The van der Waals surface area contributed by atoms with Crippen molar-refractivity contribution in [3.63, 3.8) is 0 Å². The lowest BCUT2D eigenvalue weighted by Gasteiger charge is -2.33. The number of carbonyl (C=O) groups is 2. The van der Waals surface area contributed by atoms with E-state index in [1.54, 1.807) is 0 Å². The van der Waals surface area contributed by atoms with E-state index in [0.29, 0.717) is 12.1 Å². The quantitative estimate of drug-likeness (QED) is 0.201. The average molecular weight is 585 g/mol. The Balaban J connectivity index is 1.37. The molecule has 1 saturated heterocycles. The lowest BCUT2D eigenvalue weighted by Crippen LogP contribution is -2.50. The van der Waals surface area contributed by atoms with Gasteiger partial charge in [0.05, 0.1) is 12.5 Å². The van der Waals surface area contributed by atoms with Crippen molar-refractivity contribution in [3.8, 4) is 0 Å². The van der Waals surface area contributed by atoms with Crippen LogP contribution >= 0.6 is 0 Å². The van der Waals surface area contributed by atoms with Crippen molar-refractivity contribution < 1.29 is 9.59 Å². The first-order valence-electron chi connectivity index (χ1n) is 15.5. The van der Waals surface area contributed by atoms with Gasteiger partial charge in [-0.1, -0.05) is 146 Å². The zero-order valence-electron chi connectivity index (χ0n) is 24.7. The number of carbonyl (C=O) groups excluding carboxylic acids is 2. The standard InChI is InChI=1S/C41H32N2O2/c44-39(31-19-8-3-9-20-31)36-37(30-17-6-2-7-18-30)41(42-38(36)33-25-24-29-16-10-11-21-32(29)26-33)34-22-12-13-23-35(34)43(40(41)45)27-28-14-4-1-5-15-28/h1-26,36-38,42H,27H2/t36-,37-,38-,41+/m0/s1. The molecule has 6 aromatic carbocycles. The fourth-order valence-corrected chi connectivity index (χ4v) is 7.64. The van der Waals surface area contributed by atoms with Crippen LogP contribution in [0.25, 0.3) is 10.8 Å². The molecule has 0 aromatic heterocycles. The first kappa shape index (κ1) is 27.2. The lowest BCUT2D eigenvalue weighted by molar-refractivity contribution is -0.124. The lowest BCUT2D eigenvalue weighted by atomic mass is 9.69. The normalized spacial score (nSPS) is 22.2. The topological polar surface area (TPSA) is 49.4 Å². The number of amides is 1. The highest BCUT2D eigenvalue weighted by atomic mass is 16.2. The van der Waals surface area contributed by atoms with E-state index < -0.39 is 23.4 Å². The van der Waals surface area contributed by atoms with Crippen molar-refractivity contribution in [1.29, 1.82) is 0 Å². The number of hydrogen-bond donors (Lipinski definition) is 1. The molecule has 8 rings (SSSR count). The van der Waals surface area contributed by atoms with Crippen LogP contribution in [0.4, 0.5) is 5.69 Å². The summed E-state index contributed by atoms with van der Waals surface area (Å²) in [6, 6.07) is 52.1. The zero-order chi connectivity index (χ0) is 30.4. The molecule has 6 aromatic rings. The minimum absolute atomic E-state index is 0.0266. The summed E-state index contributed by atoms with van der Waals surface area (Å²) in [6.45, 7) is 0.444. The van der Waals surface area contributed by atoms with Crippen LogP contribution in [-0.4, -0.2) is 11.7 Å². The van der Waals surface area contributed by atoms with E-state index in [9.17, 15) is 4.79 Å². The van der Waals surface area contributed by atoms with Gasteiger partial charge in [0.15, 0.2) is 5.78 Å². The summed E-state index contributed by atoms with van der Waals surface area (Å²) in [5.41, 5.74) is 4.29. The van der Waals surface area contributed by atoms with Gasteiger partial charge in [0.2, 0.25) is 0 Å². The van der Waals surface area contributed by atoms with Crippen LogP contribution in [0.5, 0.6) is 0 Å². The molecule has 0 radical (unpaired) electrons. The molecule has 1 N–H and O–H groups in total. The second kappa shape index (κ2) is 11.0. The number of anilines is 1. The summed E-state index contributed by atoms with van der Waals surface area (Å²) < 4.78 is 0. The maximum atomic E-state index is 15.2. The van der Waals surface area contributed by atoms with Crippen molar-refractivity contribution in [2.45, 2.75) is 24.0 Å². The van der Waals surface area contributed by atoms with Gasteiger partial charge in [-0.25, -0.2) is 0 Å². The molecule has 0 aliphatic carbocycles. The van der Waals surface area contributed by atoms with E-state index in [4.69, 9.17) is 0 Å². The second-order valence-electron chi connectivity index (χ2n) is 12.1. The fourth-order valence-electron chi connectivity index (χ4n) is 7.64. The van der Waals surface area contributed by atoms with Gasteiger partial charge in [-0.3, -0.25) is 14.9 Å². The number of benzene rings is 6. The maximum Gasteiger partial charge on any atom is 0.252 e. The number of fused-ring (bicyclic) bond motifs is 3. The number of para-hydroxylation sites is 1. The molecule has 4 heteroatoms. The summed E-state index contributed by atoms with van der Waals surface area (Å²) in [7, 11) is 0. The Hall–Kier alpha value is -5.32. The summed E-state index contributed by atoms with van der Waals surface area (Å²) in [6.07, 6.45) is 0. The van der Waals surface area contributed by atoms with E-state index in [-0.39, 0.29) is 11.7 Å². The van der Waals surface area contributed by atoms with Crippen molar-refractivity contribution in [2.24, 2.45) is 5.92 Å². The molecule has 2 aliphatic rings. The zero-order valence-corrected chi connectivity index (χ0v) is 24.7. The molecule has 1 amide bonds. The Morgan fingerprint density at radius 3 is 2.02 bits per heavy atom. The Kier molecular flexibility index (Phi) is 6.66. The third-order valence-electron chi connectivity index (χ3n) is 9.61. The summed E-state index contributed by atoms with van der Waals surface area (Å²) in [5.74, 6) is -1.02. The molecular weight excluding hydrogens is 552 g/mol. The van der Waals surface area contributed by atoms with E-state index in [1.165, 1.54) is 0 Å². The Morgan fingerprint density at radius 1 is 0.644 bits per heavy atom. The Bertz CT molecular complexity index is 2030. The molecule has 0 saturated carbocycles. The summed E-state index contributed by atoms with van der Waals surface area (Å²) in [5, 5.41) is 6.14. The van der Waals surface area contributed by atoms with E-state index in [1.807, 2.05) is 102 Å². The predicted octanol–water partition coefficient (Wildman–Crippen LogP) is 8.21. The van der Waals surface area contributed by atoms with Gasteiger partial charge in [0, 0.05) is 28.8 Å². The van der Waals surface area contributed by atoms with Crippen LogP contribution in [-0.2, 0) is 16.9 Å². The second-order valence-corrected chi connectivity index (χ2v) is 12.1. The molecule has 45 heavy (non-hydrogen) atoms. The van der Waals surface area contributed by atoms with Crippen LogP contribution in [0, 0.1) is 5.92 Å². The van der Waals surface area contributed by atoms with Crippen molar-refractivity contribution in [1.82, 2.24) is 5.32 Å². The van der Waals surface area contributed by atoms with Crippen LogP contribution in [0.3, 0.4) is 0 Å². The van der Waals surface area contributed by atoms with Crippen LogP contribution in [0.15, 0.2) is 158 Å². The van der Waals surface area contributed by atoms with Gasteiger partial charge < -0.3 is 4.90 Å². The van der Waals surface area contributed by atoms with E-state index >= 15 is 4.79 Å². The Labute approximate surface area is 263 Å². The number of nitrogens with one attached hydrogen (secondary N) is 1. The molecule has 2 aliphatic heterocycles. The van der Waals surface area contributed by atoms with Gasteiger partial charge in [-0.05, 0) is 39.6 Å². The van der Waals surface area contributed by atoms with Crippen LogP contribution < -0.4 is 10.2 Å². The van der Waals surface area contributed by atoms with Crippen molar-refractivity contribution >= 4 is 28.2 Å². The number of hydrogen-bond acceptors (Lipinski definition) is 3. The number of rotatable bonds is 6. The van der Waals surface area contributed by atoms with Crippen molar-refractivity contribution in [3.05, 3.63) is 186 Å². The highest BCUT2D eigenvalue weighted by Gasteiger charge is 2.65. The average Bonchev–Trinajstić information content (AvgIpc) is 3.58. The van der Waals surface area contributed by atoms with Gasteiger partial charge >= 0.3 is 0 Å². The minimum atomic E-state index is -1.15. The third-order valence-corrected chi connectivity index (χ3v) is 9.61. The third kappa shape index (κ3) is 4.41. The Morgan fingerprint density at radius 2 is 1.27 bits per heavy atom. The maximum absolute atomic E-state index is 15.2. The summed E-state index contributed by atoms with van der Waals surface area (Å²) >= 11 is 0. The van der Waals surface area contributed by atoms with E-state index in [0.717, 1.165) is 38.7 Å². The molecular formula is C41H32N2O2. The number of Topliss-reactive ketones (excluding diaryl/α,β-unsaturated/α-hetero) is 1. The van der Waals surface area contributed by atoms with Crippen molar-refractivity contribution in [2.75, 3.05) is 4.90 Å². The largest absolute Gasteiger partial charge is 0.306 e. The molecule has 218 valence electrons. The highest BCUT2D eigenvalue weighted by Crippen LogP contribution is 2.59. The van der Waals surface area contributed by atoms with Gasteiger partial charge in [0.25, 0.3) is 5.91 Å².